The van der Waals surface area contributed by atoms with Gasteiger partial charge in [-0.05, 0) is 58.1 Å². The summed E-state index contributed by atoms with van der Waals surface area (Å²) in [5.41, 5.74) is 1.51. The first-order valence-corrected chi connectivity index (χ1v) is 8.47. The summed E-state index contributed by atoms with van der Waals surface area (Å²) >= 11 is 5.00. The van der Waals surface area contributed by atoms with Crippen LogP contribution in [-0.2, 0) is 4.79 Å². The molecular formula is C17H13BrN2OS. The smallest absolute Gasteiger partial charge is 0.266 e. The topological polar surface area (TPSA) is 52.9 Å². The lowest BCUT2D eigenvalue weighted by Crippen LogP contribution is -2.13. The normalized spacial score (nSPS) is 10.9. The zero-order chi connectivity index (χ0) is 15.9. The molecule has 0 aliphatic heterocycles. The van der Waals surface area contributed by atoms with Crippen molar-refractivity contribution in [3.8, 4) is 6.07 Å². The standard InChI is InChI=1S/C17H13BrN2OS/c1-22-14-8-6-12(7-9-14)10-13(11-19)17(21)20-16-5-3-2-4-15(16)18/h2-10H,1H3,(H,20,21)/b13-10+. The number of benzene rings is 2. The van der Waals surface area contributed by atoms with Crippen LogP contribution in [0.1, 0.15) is 5.56 Å². The van der Waals surface area contributed by atoms with Crippen molar-refractivity contribution < 1.29 is 4.79 Å². The van der Waals surface area contributed by atoms with E-state index in [0.29, 0.717) is 5.69 Å². The van der Waals surface area contributed by atoms with Crippen molar-refractivity contribution in [2.75, 3.05) is 11.6 Å². The predicted octanol–water partition coefficient (Wildman–Crippen LogP) is 4.72. The summed E-state index contributed by atoms with van der Waals surface area (Å²) in [4.78, 5) is 13.3. The van der Waals surface area contributed by atoms with E-state index in [1.807, 2.05) is 54.8 Å². The quantitative estimate of drug-likeness (QED) is 0.480. The molecule has 0 radical (unpaired) electrons. The summed E-state index contributed by atoms with van der Waals surface area (Å²) in [5.74, 6) is -0.427. The Bertz CT molecular complexity index is 748. The molecule has 3 nitrogen and oxygen atoms in total. The largest absolute Gasteiger partial charge is 0.320 e. The van der Waals surface area contributed by atoms with Crippen molar-refractivity contribution in [2.24, 2.45) is 0 Å². The highest BCUT2D eigenvalue weighted by molar-refractivity contribution is 9.10. The monoisotopic (exact) mass is 372 g/mol. The molecule has 0 bridgehead atoms. The Morgan fingerprint density at radius 3 is 2.50 bits per heavy atom. The second-order valence-corrected chi connectivity index (χ2v) is 6.11. The van der Waals surface area contributed by atoms with Gasteiger partial charge in [0.05, 0.1) is 5.69 Å². The molecule has 1 N–H and O–H groups in total. The van der Waals surface area contributed by atoms with Gasteiger partial charge in [-0.1, -0.05) is 24.3 Å². The number of para-hydroxylation sites is 1. The van der Waals surface area contributed by atoms with Crippen LogP contribution in [0.15, 0.2) is 63.5 Å². The van der Waals surface area contributed by atoms with Crippen LogP contribution in [-0.4, -0.2) is 12.2 Å². The minimum absolute atomic E-state index is 0.0626. The van der Waals surface area contributed by atoms with Gasteiger partial charge >= 0.3 is 0 Å². The summed E-state index contributed by atoms with van der Waals surface area (Å²) in [7, 11) is 0. The summed E-state index contributed by atoms with van der Waals surface area (Å²) < 4.78 is 0.768. The van der Waals surface area contributed by atoms with E-state index in [9.17, 15) is 10.1 Å². The van der Waals surface area contributed by atoms with Gasteiger partial charge in [0.2, 0.25) is 0 Å². The van der Waals surface area contributed by atoms with E-state index in [2.05, 4.69) is 21.2 Å². The number of hydrogen-bond acceptors (Lipinski definition) is 3. The van der Waals surface area contributed by atoms with Crippen LogP contribution in [0.2, 0.25) is 0 Å². The molecule has 22 heavy (non-hydrogen) atoms. The van der Waals surface area contributed by atoms with Crippen molar-refractivity contribution in [1.29, 1.82) is 5.26 Å². The van der Waals surface area contributed by atoms with E-state index in [4.69, 9.17) is 0 Å². The van der Waals surface area contributed by atoms with Crippen LogP contribution in [0, 0.1) is 11.3 Å². The molecule has 0 spiro atoms. The maximum atomic E-state index is 12.2. The van der Waals surface area contributed by atoms with Gasteiger partial charge < -0.3 is 5.32 Å². The number of hydrogen-bond donors (Lipinski definition) is 1. The van der Waals surface area contributed by atoms with Crippen molar-refractivity contribution in [2.45, 2.75) is 4.90 Å². The summed E-state index contributed by atoms with van der Waals surface area (Å²) in [5, 5.41) is 11.9. The van der Waals surface area contributed by atoms with Crippen molar-refractivity contribution in [1.82, 2.24) is 0 Å². The second kappa shape index (κ2) is 7.83. The lowest BCUT2D eigenvalue weighted by Gasteiger charge is -2.06. The van der Waals surface area contributed by atoms with Gasteiger partial charge in [-0.3, -0.25) is 4.79 Å². The second-order valence-electron chi connectivity index (χ2n) is 4.38. The van der Waals surface area contributed by atoms with Gasteiger partial charge in [-0.25, -0.2) is 0 Å². The Balaban J connectivity index is 2.20. The van der Waals surface area contributed by atoms with Crippen molar-refractivity contribution in [3.05, 3.63) is 64.1 Å². The van der Waals surface area contributed by atoms with E-state index in [0.717, 1.165) is 14.9 Å². The number of thioether (sulfide) groups is 1. The number of carbonyl (C=O) groups is 1. The number of nitriles is 1. The van der Waals surface area contributed by atoms with Crippen LogP contribution in [0.5, 0.6) is 0 Å². The van der Waals surface area contributed by atoms with Gasteiger partial charge in [0.25, 0.3) is 5.91 Å². The lowest BCUT2D eigenvalue weighted by atomic mass is 10.1. The summed E-state index contributed by atoms with van der Waals surface area (Å²) in [6, 6.07) is 16.9. The van der Waals surface area contributed by atoms with Gasteiger partial charge in [0.1, 0.15) is 11.6 Å². The van der Waals surface area contributed by atoms with E-state index in [1.165, 1.54) is 0 Å². The number of nitrogens with one attached hydrogen (secondary N) is 1. The molecule has 0 saturated heterocycles. The molecular weight excluding hydrogens is 360 g/mol. The van der Waals surface area contributed by atoms with Crippen LogP contribution >= 0.6 is 27.7 Å². The third-order valence-electron chi connectivity index (χ3n) is 2.91. The fraction of sp³-hybridized carbons (Fsp3) is 0.0588. The minimum atomic E-state index is -0.427. The van der Waals surface area contributed by atoms with Crippen LogP contribution < -0.4 is 5.32 Å². The molecule has 110 valence electrons. The number of anilines is 1. The highest BCUT2D eigenvalue weighted by atomic mass is 79.9. The van der Waals surface area contributed by atoms with E-state index < -0.39 is 5.91 Å². The molecule has 0 aliphatic carbocycles. The predicted molar refractivity (Wildman–Crippen MR) is 94.6 cm³/mol. The lowest BCUT2D eigenvalue weighted by molar-refractivity contribution is -0.112. The maximum absolute atomic E-state index is 12.2. The average molecular weight is 373 g/mol. The van der Waals surface area contributed by atoms with Crippen LogP contribution in [0.4, 0.5) is 5.69 Å². The molecule has 1 amide bonds. The average Bonchev–Trinajstić information content (AvgIpc) is 2.55. The van der Waals surface area contributed by atoms with Crippen molar-refractivity contribution in [3.63, 3.8) is 0 Å². The molecule has 0 atom stereocenters. The number of nitrogens with zero attached hydrogens (tertiary/aromatic N) is 1. The van der Waals surface area contributed by atoms with E-state index >= 15 is 0 Å². The fourth-order valence-corrected chi connectivity index (χ4v) is 2.56. The third kappa shape index (κ3) is 4.23. The number of rotatable bonds is 4. The highest BCUT2D eigenvalue weighted by Gasteiger charge is 2.10. The summed E-state index contributed by atoms with van der Waals surface area (Å²) in [6.07, 6.45) is 3.58. The van der Waals surface area contributed by atoms with Gasteiger partial charge in [-0.15, -0.1) is 11.8 Å². The first-order valence-electron chi connectivity index (χ1n) is 6.46. The first-order chi connectivity index (χ1) is 10.6. The zero-order valence-electron chi connectivity index (χ0n) is 11.8. The zero-order valence-corrected chi connectivity index (χ0v) is 14.2. The Labute approximate surface area is 142 Å². The van der Waals surface area contributed by atoms with E-state index in [-0.39, 0.29) is 5.57 Å². The van der Waals surface area contributed by atoms with Crippen LogP contribution in [0.25, 0.3) is 6.08 Å². The minimum Gasteiger partial charge on any atom is -0.320 e. The Kier molecular flexibility index (Phi) is 5.82. The molecule has 0 aliphatic rings. The molecule has 0 aromatic heterocycles. The maximum Gasteiger partial charge on any atom is 0.266 e. The SMILES string of the molecule is CSc1ccc(/C=C(\C#N)C(=O)Nc2ccccc2Br)cc1. The third-order valence-corrected chi connectivity index (χ3v) is 4.35. The fourth-order valence-electron chi connectivity index (χ4n) is 1.77. The molecule has 0 unspecified atom stereocenters. The van der Waals surface area contributed by atoms with E-state index in [1.54, 1.807) is 23.9 Å². The highest BCUT2D eigenvalue weighted by Crippen LogP contribution is 2.22. The molecule has 0 saturated carbocycles. The number of amides is 1. The van der Waals surface area contributed by atoms with Crippen LogP contribution in [0.3, 0.4) is 0 Å². The van der Waals surface area contributed by atoms with Gasteiger partial charge in [-0.2, -0.15) is 5.26 Å². The molecule has 2 rings (SSSR count). The molecule has 2 aromatic rings. The molecule has 0 fully saturated rings. The Hall–Kier alpha value is -2.03. The molecule has 0 heterocycles. The Morgan fingerprint density at radius 2 is 1.91 bits per heavy atom. The molecule has 2 aromatic carbocycles. The Morgan fingerprint density at radius 1 is 1.23 bits per heavy atom. The van der Waals surface area contributed by atoms with Gasteiger partial charge in [0.15, 0.2) is 0 Å². The number of carbonyl (C=O) groups excluding carboxylic acids is 1. The van der Waals surface area contributed by atoms with Crippen molar-refractivity contribution >= 4 is 45.4 Å². The first kappa shape index (κ1) is 16.3. The van der Waals surface area contributed by atoms with Gasteiger partial charge in [0, 0.05) is 9.37 Å². The number of halogens is 1. The molecule has 5 heteroatoms. The summed E-state index contributed by atoms with van der Waals surface area (Å²) in [6.45, 7) is 0.